The molecule has 1 heterocycles. The van der Waals surface area contributed by atoms with E-state index in [1.807, 2.05) is 7.05 Å². The Hall–Kier alpha value is -0.290. The highest BCUT2D eigenvalue weighted by atomic mass is 127. The molecule has 18 heavy (non-hydrogen) atoms. The van der Waals surface area contributed by atoms with Gasteiger partial charge in [0, 0.05) is 9.99 Å². The number of aryl methyl sites for hydroxylation is 1. The van der Waals surface area contributed by atoms with E-state index in [1.54, 1.807) is 0 Å². The van der Waals surface area contributed by atoms with Crippen LogP contribution in [0.15, 0.2) is 12.1 Å². The summed E-state index contributed by atoms with van der Waals surface area (Å²) in [5, 5.41) is 3.20. The zero-order valence-electron chi connectivity index (χ0n) is 11.1. The molecule has 2 nitrogen and oxygen atoms in total. The molecule has 2 rings (SSSR count). The van der Waals surface area contributed by atoms with Gasteiger partial charge in [0.15, 0.2) is 0 Å². The van der Waals surface area contributed by atoms with Crippen molar-refractivity contribution >= 4 is 22.6 Å². The van der Waals surface area contributed by atoms with Gasteiger partial charge < -0.3 is 10.1 Å². The quantitative estimate of drug-likeness (QED) is 0.594. The van der Waals surface area contributed by atoms with E-state index in [0.717, 1.165) is 19.6 Å². The lowest BCUT2D eigenvalue weighted by Gasteiger charge is -2.09. The Morgan fingerprint density at radius 2 is 2.06 bits per heavy atom. The van der Waals surface area contributed by atoms with Crippen molar-refractivity contribution in [2.24, 2.45) is 0 Å². The summed E-state index contributed by atoms with van der Waals surface area (Å²) < 4.78 is 7.12. The third kappa shape index (κ3) is 3.85. The maximum Gasteiger partial charge on any atom is 0.125 e. The fourth-order valence-corrected chi connectivity index (χ4v) is 3.25. The molecule has 1 aromatic rings. The lowest BCUT2D eigenvalue weighted by Crippen LogP contribution is -2.06. The van der Waals surface area contributed by atoms with Crippen molar-refractivity contribution in [3.8, 4) is 5.75 Å². The summed E-state index contributed by atoms with van der Waals surface area (Å²) in [4.78, 5) is 0. The molecule has 0 amide bonds. The van der Waals surface area contributed by atoms with Crippen LogP contribution in [0.2, 0.25) is 0 Å². The number of hydrogen-bond acceptors (Lipinski definition) is 2. The van der Waals surface area contributed by atoms with Crippen LogP contribution in [0.4, 0.5) is 0 Å². The minimum absolute atomic E-state index is 0.866. The Morgan fingerprint density at radius 3 is 2.89 bits per heavy atom. The van der Waals surface area contributed by atoms with Crippen molar-refractivity contribution in [1.82, 2.24) is 5.32 Å². The highest BCUT2D eigenvalue weighted by molar-refractivity contribution is 14.1. The molecule has 0 aromatic heterocycles. The van der Waals surface area contributed by atoms with Crippen molar-refractivity contribution in [2.45, 2.75) is 38.5 Å². The van der Waals surface area contributed by atoms with Crippen molar-refractivity contribution in [2.75, 3.05) is 20.2 Å². The third-order valence-electron chi connectivity index (χ3n) is 3.45. The lowest BCUT2D eigenvalue weighted by molar-refractivity contribution is 0.353. The number of unbranched alkanes of at least 4 members (excludes halogenated alkanes) is 3. The van der Waals surface area contributed by atoms with Crippen LogP contribution < -0.4 is 10.1 Å². The molecule has 0 unspecified atom stereocenters. The van der Waals surface area contributed by atoms with E-state index >= 15 is 0 Å². The average Bonchev–Trinajstić information content (AvgIpc) is 2.81. The van der Waals surface area contributed by atoms with Crippen LogP contribution in [0, 0.1) is 3.57 Å². The molecule has 1 N–H and O–H groups in total. The van der Waals surface area contributed by atoms with E-state index in [9.17, 15) is 0 Å². The number of benzene rings is 1. The molecule has 1 aromatic carbocycles. The first-order valence-electron chi connectivity index (χ1n) is 6.90. The molecule has 0 saturated heterocycles. The van der Waals surface area contributed by atoms with Crippen LogP contribution in [0.3, 0.4) is 0 Å². The van der Waals surface area contributed by atoms with Gasteiger partial charge >= 0.3 is 0 Å². The normalized spacial score (nSPS) is 13.4. The monoisotopic (exact) mass is 359 g/mol. The number of halogens is 1. The summed E-state index contributed by atoms with van der Waals surface area (Å²) in [5.74, 6) is 1.19. The molecule has 100 valence electrons. The molecule has 0 fully saturated rings. The van der Waals surface area contributed by atoms with Crippen molar-refractivity contribution in [3.63, 3.8) is 0 Å². The molecule has 0 radical (unpaired) electrons. The van der Waals surface area contributed by atoms with Crippen LogP contribution >= 0.6 is 22.6 Å². The van der Waals surface area contributed by atoms with E-state index in [2.05, 4.69) is 40.0 Å². The van der Waals surface area contributed by atoms with Gasteiger partial charge in [-0.2, -0.15) is 0 Å². The average molecular weight is 359 g/mol. The van der Waals surface area contributed by atoms with Gasteiger partial charge in [-0.3, -0.25) is 0 Å². The van der Waals surface area contributed by atoms with Crippen molar-refractivity contribution < 1.29 is 4.74 Å². The largest absolute Gasteiger partial charge is 0.493 e. The van der Waals surface area contributed by atoms with Gasteiger partial charge in [0.2, 0.25) is 0 Å². The van der Waals surface area contributed by atoms with Crippen LogP contribution in [0.1, 0.15) is 36.8 Å². The Kier molecular flexibility index (Phi) is 5.76. The molecular formula is C15H22INO. The predicted molar refractivity (Wildman–Crippen MR) is 84.5 cm³/mol. The molecule has 0 atom stereocenters. The molecule has 1 aliphatic rings. The first-order chi connectivity index (χ1) is 8.81. The van der Waals surface area contributed by atoms with Gasteiger partial charge in [0.05, 0.1) is 6.61 Å². The van der Waals surface area contributed by atoms with Crippen molar-refractivity contribution in [1.29, 1.82) is 0 Å². The Morgan fingerprint density at radius 1 is 1.22 bits per heavy atom. The molecule has 0 saturated carbocycles. The van der Waals surface area contributed by atoms with Gasteiger partial charge in [-0.1, -0.05) is 12.8 Å². The highest BCUT2D eigenvalue weighted by Gasteiger charge is 2.16. The molecule has 3 heteroatoms. The zero-order valence-corrected chi connectivity index (χ0v) is 13.3. The SMILES string of the molecule is CNCCCCCCc1cc(I)cc2c1OCC2. The fraction of sp³-hybridized carbons (Fsp3) is 0.600. The zero-order chi connectivity index (χ0) is 12.8. The molecule has 0 bridgehead atoms. The number of ether oxygens (including phenoxy) is 1. The Balaban J connectivity index is 1.82. The van der Waals surface area contributed by atoms with Gasteiger partial charge in [-0.05, 0) is 78.7 Å². The standard InChI is InChI=1S/C15H22INO/c1-17-8-5-3-2-4-6-12-10-14(16)11-13-7-9-18-15(12)13/h10-11,17H,2-9H2,1H3. The maximum atomic E-state index is 5.77. The molecule has 1 aliphatic heterocycles. The molecular weight excluding hydrogens is 337 g/mol. The van der Waals surface area contributed by atoms with Crippen LogP contribution in [0.25, 0.3) is 0 Å². The summed E-state index contributed by atoms with van der Waals surface area (Å²) in [6, 6.07) is 4.55. The highest BCUT2D eigenvalue weighted by Crippen LogP contribution is 2.32. The first kappa shape index (κ1) is 14.1. The summed E-state index contributed by atoms with van der Waals surface area (Å²) >= 11 is 2.41. The second-order valence-electron chi connectivity index (χ2n) is 4.92. The van der Waals surface area contributed by atoms with Crippen molar-refractivity contribution in [3.05, 3.63) is 26.8 Å². The maximum absolute atomic E-state index is 5.77. The van der Waals surface area contributed by atoms with E-state index in [1.165, 1.54) is 52.6 Å². The topological polar surface area (TPSA) is 21.3 Å². The first-order valence-corrected chi connectivity index (χ1v) is 7.98. The minimum Gasteiger partial charge on any atom is -0.493 e. The summed E-state index contributed by atoms with van der Waals surface area (Å²) in [6.45, 7) is 2.01. The van der Waals surface area contributed by atoms with E-state index < -0.39 is 0 Å². The number of rotatable bonds is 7. The molecule has 0 spiro atoms. The van der Waals surface area contributed by atoms with Crippen LogP contribution in [-0.4, -0.2) is 20.2 Å². The number of hydrogen-bond donors (Lipinski definition) is 1. The minimum atomic E-state index is 0.866. The van der Waals surface area contributed by atoms with Gasteiger partial charge in [-0.15, -0.1) is 0 Å². The lowest BCUT2D eigenvalue weighted by atomic mass is 10.0. The molecule has 0 aliphatic carbocycles. The fourth-order valence-electron chi connectivity index (χ4n) is 2.50. The second kappa shape index (κ2) is 7.34. The predicted octanol–water partition coefficient (Wildman–Crippen LogP) is 3.55. The van der Waals surface area contributed by atoms with E-state index in [0.29, 0.717) is 0 Å². The van der Waals surface area contributed by atoms with Crippen LogP contribution in [0.5, 0.6) is 5.75 Å². The Labute approximate surface area is 124 Å². The van der Waals surface area contributed by atoms with Gasteiger partial charge in [-0.25, -0.2) is 0 Å². The van der Waals surface area contributed by atoms with E-state index in [4.69, 9.17) is 4.74 Å². The number of fused-ring (bicyclic) bond motifs is 1. The van der Waals surface area contributed by atoms with E-state index in [-0.39, 0.29) is 0 Å². The smallest absolute Gasteiger partial charge is 0.125 e. The summed E-state index contributed by atoms with van der Waals surface area (Å²) in [5.41, 5.74) is 2.83. The Bertz CT molecular complexity index is 392. The third-order valence-corrected chi connectivity index (χ3v) is 4.07. The second-order valence-corrected chi connectivity index (χ2v) is 6.17. The number of nitrogens with one attached hydrogen (secondary N) is 1. The summed E-state index contributed by atoms with van der Waals surface area (Å²) in [7, 11) is 2.02. The van der Waals surface area contributed by atoms with Gasteiger partial charge in [0.1, 0.15) is 5.75 Å². The summed E-state index contributed by atoms with van der Waals surface area (Å²) in [6.07, 6.45) is 7.47. The van der Waals surface area contributed by atoms with Gasteiger partial charge in [0.25, 0.3) is 0 Å². The van der Waals surface area contributed by atoms with Crippen LogP contribution in [-0.2, 0) is 12.8 Å².